The number of benzene rings is 1. The third-order valence-electron chi connectivity index (χ3n) is 2.32. The van der Waals surface area contributed by atoms with Crippen LogP contribution >= 0.6 is 11.8 Å². The van der Waals surface area contributed by atoms with Crippen molar-refractivity contribution in [3.63, 3.8) is 0 Å². The maximum Gasteiger partial charge on any atom is 0.243 e. The largest absolute Gasteiger partial charge is 0.338 e. The summed E-state index contributed by atoms with van der Waals surface area (Å²) >= 11 is 1.70. The third-order valence-corrected chi connectivity index (χ3v) is 3.50. The highest BCUT2D eigenvalue weighted by molar-refractivity contribution is 7.98. The standard InChI is InChI=1S/C12H15N3OS/c1-8-5-3-4-6-10(8)17-7-11-14-12(9(2)13)16-15-11/h3-6,9H,7,13H2,1-2H3/t9-/m0/s1. The summed E-state index contributed by atoms with van der Waals surface area (Å²) in [6, 6.07) is 8.03. The molecular weight excluding hydrogens is 234 g/mol. The number of hydrogen-bond acceptors (Lipinski definition) is 5. The predicted molar refractivity (Wildman–Crippen MR) is 67.6 cm³/mol. The van der Waals surface area contributed by atoms with Gasteiger partial charge in [0.2, 0.25) is 5.89 Å². The average molecular weight is 249 g/mol. The van der Waals surface area contributed by atoms with E-state index in [1.165, 1.54) is 10.5 Å². The highest BCUT2D eigenvalue weighted by Crippen LogP contribution is 2.24. The van der Waals surface area contributed by atoms with Crippen LogP contribution in [-0.4, -0.2) is 10.1 Å². The summed E-state index contributed by atoms with van der Waals surface area (Å²) in [7, 11) is 0. The molecule has 0 spiro atoms. The van der Waals surface area contributed by atoms with Crippen LogP contribution in [0.25, 0.3) is 0 Å². The van der Waals surface area contributed by atoms with Gasteiger partial charge in [0, 0.05) is 4.90 Å². The van der Waals surface area contributed by atoms with Gasteiger partial charge in [-0.3, -0.25) is 0 Å². The SMILES string of the molecule is Cc1ccccc1SCc1noc([C@H](C)N)n1. The monoisotopic (exact) mass is 249 g/mol. The predicted octanol–water partition coefficient (Wildman–Crippen LogP) is 2.69. The van der Waals surface area contributed by atoms with Gasteiger partial charge in [-0.2, -0.15) is 4.98 Å². The number of nitrogens with two attached hydrogens (primary N) is 1. The smallest absolute Gasteiger partial charge is 0.243 e. The molecule has 0 aliphatic heterocycles. The van der Waals surface area contributed by atoms with Gasteiger partial charge in [0.05, 0.1) is 11.8 Å². The van der Waals surface area contributed by atoms with Crippen LogP contribution in [0.2, 0.25) is 0 Å². The van der Waals surface area contributed by atoms with Crippen LogP contribution < -0.4 is 5.73 Å². The van der Waals surface area contributed by atoms with E-state index in [0.29, 0.717) is 17.5 Å². The Kier molecular flexibility index (Phi) is 3.81. The fourth-order valence-corrected chi connectivity index (χ4v) is 2.24. The Labute approximate surface area is 105 Å². The van der Waals surface area contributed by atoms with Crippen molar-refractivity contribution in [2.75, 3.05) is 0 Å². The molecule has 0 amide bonds. The van der Waals surface area contributed by atoms with E-state index < -0.39 is 0 Å². The van der Waals surface area contributed by atoms with E-state index in [-0.39, 0.29) is 6.04 Å². The molecule has 0 aliphatic carbocycles. The lowest BCUT2D eigenvalue weighted by molar-refractivity contribution is 0.358. The Morgan fingerprint density at radius 1 is 1.41 bits per heavy atom. The van der Waals surface area contributed by atoms with Gasteiger partial charge < -0.3 is 10.3 Å². The fourth-order valence-electron chi connectivity index (χ4n) is 1.37. The first-order chi connectivity index (χ1) is 8.16. The minimum atomic E-state index is -0.209. The minimum Gasteiger partial charge on any atom is -0.338 e. The first-order valence-corrected chi connectivity index (χ1v) is 6.42. The number of hydrogen-bond donors (Lipinski definition) is 1. The molecule has 2 N–H and O–H groups in total. The summed E-state index contributed by atoms with van der Waals surface area (Å²) in [5.74, 6) is 1.87. The maximum atomic E-state index is 5.66. The Morgan fingerprint density at radius 2 is 2.18 bits per heavy atom. The second kappa shape index (κ2) is 5.33. The highest BCUT2D eigenvalue weighted by atomic mass is 32.2. The molecule has 1 atom stereocenters. The second-order valence-electron chi connectivity index (χ2n) is 3.89. The molecule has 4 nitrogen and oxygen atoms in total. The molecule has 0 bridgehead atoms. The lowest BCUT2D eigenvalue weighted by Gasteiger charge is -2.02. The van der Waals surface area contributed by atoms with E-state index in [1.807, 2.05) is 19.1 Å². The van der Waals surface area contributed by atoms with Crippen LogP contribution in [0.1, 0.15) is 30.2 Å². The van der Waals surface area contributed by atoms with E-state index in [4.69, 9.17) is 10.3 Å². The zero-order valence-corrected chi connectivity index (χ0v) is 10.7. The molecule has 0 aliphatic rings. The van der Waals surface area contributed by atoms with Gasteiger partial charge in [-0.15, -0.1) is 11.8 Å². The van der Waals surface area contributed by atoms with Gasteiger partial charge in [-0.1, -0.05) is 23.4 Å². The van der Waals surface area contributed by atoms with E-state index in [0.717, 1.165) is 0 Å². The van der Waals surface area contributed by atoms with E-state index >= 15 is 0 Å². The quantitative estimate of drug-likeness (QED) is 0.844. The molecule has 0 saturated carbocycles. The molecular formula is C12H15N3OS. The summed E-state index contributed by atoms with van der Waals surface area (Å²) < 4.78 is 5.05. The Hall–Kier alpha value is -1.33. The molecule has 0 saturated heterocycles. The van der Waals surface area contributed by atoms with Crippen LogP contribution in [0, 0.1) is 6.92 Å². The second-order valence-corrected chi connectivity index (χ2v) is 4.91. The average Bonchev–Trinajstić information content (AvgIpc) is 2.77. The Balaban J connectivity index is 2.00. The summed E-state index contributed by atoms with van der Waals surface area (Å²) in [6.45, 7) is 3.91. The maximum absolute atomic E-state index is 5.66. The first-order valence-electron chi connectivity index (χ1n) is 5.43. The molecule has 0 radical (unpaired) electrons. The van der Waals surface area contributed by atoms with Gasteiger partial charge in [0.25, 0.3) is 0 Å². The number of aryl methyl sites for hydroxylation is 1. The van der Waals surface area contributed by atoms with Crippen LogP contribution in [-0.2, 0) is 5.75 Å². The van der Waals surface area contributed by atoms with Crippen LogP contribution in [0.3, 0.4) is 0 Å². The van der Waals surface area contributed by atoms with Crippen molar-refractivity contribution in [2.24, 2.45) is 5.73 Å². The molecule has 2 aromatic rings. The van der Waals surface area contributed by atoms with Crippen molar-refractivity contribution in [1.82, 2.24) is 10.1 Å². The van der Waals surface area contributed by atoms with Crippen molar-refractivity contribution in [1.29, 1.82) is 0 Å². The van der Waals surface area contributed by atoms with E-state index in [2.05, 4.69) is 29.2 Å². The van der Waals surface area contributed by atoms with Gasteiger partial charge in [0.1, 0.15) is 0 Å². The van der Waals surface area contributed by atoms with Crippen molar-refractivity contribution >= 4 is 11.8 Å². The molecule has 0 unspecified atom stereocenters. The number of thioether (sulfide) groups is 1. The first kappa shape index (κ1) is 12.1. The highest BCUT2D eigenvalue weighted by Gasteiger charge is 2.10. The van der Waals surface area contributed by atoms with Crippen LogP contribution in [0.15, 0.2) is 33.7 Å². The molecule has 0 fully saturated rings. The number of rotatable bonds is 4. The Morgan fingerprint density at radius 3 is 2.82 bits per heavy atom. The molecule has 90 valence electrons. The molecule has 5 heteroatoms. The van der Waals surface area contributed by atoms with Gasteiger partial charge in [-0.25, -0.2) is 0 Å². The van der Waals surface area contributed by atoms with E-state index in [1.54, 1.807) is 11.8 Å². The summed E-state index contributed by atoms with van der Waals surface area (Å²) in [5, 5.41) is 3.90. The van der Waals surface area contributed by atoms with Crippen LogP contribution in [0.5, 0.6) is 0 Å². The van der Waals surface area contributed by atoms with Crippen molar-refractivity contribution in [3.8, 4) is 0 Å². The zero-order chi connectivity index (χ0) is 12.3. The van der Waals surface area contributed by atoms with Gasteiger partial charge in [-0.05, 0) is 25.5 Å². The zero-order valence-electron chi connectivity index (χ0n) is 9.88. The van der Waals surface area contributed by atoms with Crippen LogP contribution in [0.4, 0.5) is 0 Å². The van der Waals surface area contributed by atoms with E-state index in [9.17, 15) is 0 Å². The lowest BCUT2D eigenvalue weighted by Crippen LogP contribution is -2.05. The minimum absolute atomic E-state index is 0.209. The van der Waals surface area contributed by atoms with Crippen molar-refractivity contribution in [3.05, 3.63) is 41.5 Å². The molecule has 17 heavy (non-hydrogen) atoms. The van der Waals surface area contributed by atoms with Gasteiger partial charge in [0.15, 0.2) is 5.82 Å². The number of aromatic nitrogens is 2. The summed E-state index contributed by atoms with van der Waals surface area (Å²) in [4.78, 5) is 5.47. The Bertz CT molecular complexity index is 496. The van der Waals surface area contributed by atoms with Crippen molar-refractivity contribution in [2.45, 2.75) is 30.5 Å². The molecule has 2 rings (SSSR count). The third kappa shape index (κ3) is 3.08. The lowest BCUT2D eigenvalue weighted by atomic mass is 10.2. The van der Waals surface area contributed by atoms with Crippen molar-refractivity contribution < 1.29 is 4.52 Å². The summed E-state index contributed by atoms with van der Waals surface area (Å²) in [5.41, 5.74) is 6.91. The molecule has 1 aromatic heterocycles. The van der Waals surface area contributed by atoms with Gasteiger partial charge >= 0.3 is 0 Å². The fraction of sp³-hybridized carbons (Fsp3) is 0.333. The molecule has 1 heterocycles. The normalized spacial score (nSPS) is 12.6. The summed E-state index contributed by atoms with van der Waals surface area (Å²) in [6.07, 6.45) is 0. The molecule has 1 aromatic carbocycles. The number of nitrogens with zero attached hydrogens (tertiary/aromatic N) is 2. The topological polar surface area (TPSA) is 64.9 Å².